The Morgan fingerprint density at radius 1 is 1.22 bits per heavy atom. The second-order valence-electron chi connectivity index (χ2n) is 4.61. The monoisotopic (exact) mass is 268 g/mol. The van der Waals surface area contributed by atoms with Gasteiger partial charge in [0, 0.05) is 12.6 Å². The lowest BCUT2D eigenvalue weighted by molar-refractivity contribution is -0.140. The first-order chi connectivity index (χ1) is 8.26. The van der Waals surface area contributed by atoms with Crippen molar-refractivity contribution in [3.63, 3.8) is 0 Å². The Bertz CT molecular complexity index is 244. The Morgan fingerprint density at radius 3 is 2.33 bits per heavy atom. The highest BCUT2D eigenvalue weighted by Gasteiger charge is 2.30. The lowest BCUT2D eigenvalue weighted by atomic mass is 10.2. The predicted octanol–water partition coefficient (Wildman–Crippen LogP) is 2.61. The summed E-state index contributed by atoms with van der Waals surface area (Å²) in [6.45, 7) is 5.63. The van der Waals surface area contributed by atoms with Gasteiger partial charge >= 0.3 is 6.18 Å². The van der Waals surface area contributed by atoms with Crippen molar-refractivity contribution in [3.05, 3.63) is 0 Å². The summed E-state index contributed by atoms with van der Waals surface area (Å²) in [5.41, 5.74) is 0. The topological polar surface area (TPSA) is 41.1 Å². The molecule has 108 valence electrons. The van der Waals surface area contributed by atoms with Gasteiger partial charge in [0.2, 0.25) is 5.91 Å². The van der Waals surface area contributed by atoms with Gasteiger partial charge in [0.05, 0.1) is 12.5 Å². The molecule has 0 heterocycles. The van der Waals surface area contributed by atoms with Crippen molar-refractivity contribution in [1.82, 2.24) is 10.6 Å². The molecule has 0 aromatic heterocycles. The number of nitrogens with one attached hydrogen (secondary N) is 2. The van der Waals surface area contributed by atoms with E-state index in [0.29, 0.717) is 6.54 Å². The summed E-state index contributed by atoms with van der Waals surface area (Å²) in [4.78, 5) is 11.6. The van der Waals surface area contributed by atoms with Crippen LogP contribution in [0.5, 0.6) is 0 Å². The molecule has 0 aromatic carbocycles. The Balaban J connectivity index is 3.86. The lowest BCUT2D eigenvalue weighted by Gasteiger charge is -2.20. The standard InChI is InChI=1S/C12H23F3N2O/c1-4-5-6-7-16-11(18)10(3)17-9(2)8-12(13,14)15/h9-10,17H,4-8H2,1-3H3,(H,16,18). The second kappa shape index (κ2) is 8.34. The molecule has 3 nitrogen and oxygen atoms in total. The number of rotatable bonds is 8. The molecule has 1 amide bonds. The number of amides is 1. The number of unbranched alkanes of at least 4 members (excludes halogenated alkanes) is 2. The SMILES string of the molecule is CCCCCNC(=O)C(C)NC(C)CC(F)(F)F. The molecule has 0 aliphatic carbocycles. The summed E-state index contributed by atoms with van der Waals surface area (Å²) < 4.78 is 36.3. The zero-order chi connectivity index (χ0) is 14.2. The minimum Gasteiger partial charge on any atom is -0.355 e. The molecule has 0 bridgehead atoms. The average Bonchev–Trinajstić information content (AvgIpc) is 2.21. The van der Waals surface area contributed by atoms with Crippen LogP contribution in [0.1, 0.15) is 46.5 Å². The van der Waals surface area contributed by atoms with Gasteiger partial charge in [-0.1, -0.05) is 19.8 Å². The predicted molar refractivity (Wildman–Crippen MR) is 65.3 cm³/mol. The van der Waals surface area contributed by atoms with E-state index in [1.165, 1.54) is 6.92 Å². The van der Waals surface area contributed by atoms with Crippen molar-refractivity contribution in [3.8, 4) is 0 Å². The number of carbonyl (C=O) groups excluding carboxylic acids is 1. The van der Waals surface area contributed by atoms with Gasteiger partial charge in [-0.15, -0.1) is 0 Å². The molecule has 6 heteroatoms. The maximum atomic E-state index is 12.1. The molecule has 0 fully saturated rings. The fourth-order valence-corrected chi connectivity index (χ4v) is 1.65. The molecule has 2 unspecified atom stereocenters. The van der Waals surface area contributed by atoms with Crippen molar-refractivity contribution >= 4 is 5.91 Å². The van der Waals surface area contributed by atoms with Crippen LogP contribution >= 0.6 is 0 Å². The minimum absolute atomic E-state index is 0.250. The zero-order valence-corrected chi connectivity index (χ0v) is 11.2. The van der Waals surface area contributed by atoms with Crippen molar-refractivity contribution in [2.75, 3.05) is 6.54 Å². The van der Waals surface area contributed by atoms with Crippen LogP contribution in [0.4, 0.5) is 13.2 Å². The van der Waals surface area contributed by atoms with Gasteiger partial charge in [-0.3, -0.25) is 4.79 Å². The van der Waals surface area contributed by atoms with E-state index >= 15 is 0 Å². The van der Waals surface area contributed by atoms with Gasteiger partial charge in [-0.25, -0.2) is 0 Å². The van der Waals surface area contributed by atoms with Crippen LogP contribution in [-0.2, 0) is 4.79 Å². The summed E-state index contributed by atoms with van der Waals surface area (Å²) in [6.07, 6.45) is -2.14. The minimum atomic E-state index is -4.20. The second-order valence-corrected chi connectivity index (χ2v) is 4.61. The highest BCUT2D eigenvalue weighted by Crippen LogP contribution is 2.21. The van der Waals surface area contributed by atoms with Gasteiger partial charge < -0.3 is 10.6 Å². The molecule has 2 N–H and O–H groups in total. The maximum Gasteiger partial charge on any atom is 0.390 e. The highest BCUT2D eigenvalue weighted by atomic mass is 19.4. The van der Waals surface area contributed by atoms with Gasteiger partial charge in [-0.05, 0) is 20.3 Å². The highest BCUT2D eigenvalue weighted by molar-refractivity contribution is 5.81. The number of alkyl halides is 3. The number of hydrogen-bond donors (Lipinski definition) is 2. The first-order valence-electron chi connectivity index (χ1n) is 6.36. The first-order valence-corrected chi connectivity index (χ1v) is 6.36. The number of carbonyl (C=O) groups is 1. The van der Waals surface area contributed by atoms with Crippen LogP contribution in [0.15, 0.2) is 0 Å². The molecular formula is C12H23F3N2O. The molecular weight excluding hydrogens is 245 g/mol. The van der Waals surface area contributed by atoms with E-state index in [1.54, 1.807) is 6.92 Å². The van der Waals surface area contributed by atoms with Crippen molar-refractivity contribution in [2.24, 2.45) is 0 Å². The van der Waals surface area contributed by atoms with E-state index in [4.69, 9.17) is 0 Å². The largest absolute Gasteiger partial charge is 0.390 e. The molecule has 0 rings (SSSR count). The van der Waals surface area contributed by atoms with E-state index in [-0.39, 0.29) is 5.91 Å². The fraction of sp³-hybridized carbons (Fsp3) is 0.917. The summed E-state index contributed by atoms with van der Waals surface area (Å²) in [5.74, 6) is -0.250. The van der Waals surface area contributed by atoms with Crippen molar-refractivity contribution < 1.29 is 18.0 Å². The van der Waals surface area contributed by atoms with E-state index in [9.17, 15) is 18.0 Å². The first kappa shape index (κ1) is 17.2. The molecule has 0 saturated carbocycles. The Labute approximate surface area is 107 Å². The van der Waals surface area contributed by atoms with Crippen LogP contribution in [0, 0.1) is 0 Å². The number of halogens is 3. The molecule has 0 aromatic rings. The van der Waals surface area contributed by atoms with E-state index in [1.807, 2.05) is 0 Å². The van der Waals surface area contributed by atoms with Crippen molar-refractivity contribution in [1.29, 1.82) is 0 Å². The normalized spacial score (nSPS) is 15.2. The Morgan fingerprint density at radius 2 is 1.83 bits per heavy atom. The Kier molecular flexibility index (Phi) is 7.98. The number of hydrogen-bond acceptors (Lipinski definition) is 2. The quantitative estimate of drug-likeness (QED) is 0.664. The van der Waals surface area contributed by atoms with Crippen LogP contribution in [0.25, 0.3) is 0 Å². The molecule has 0 radical (unpaired) electrons. The average molecular weight is 268 g/mol. The molecule has 0 spiro atoms. The van der Waals surface area contributed by atoms with Gasteiger partial charge in [0.1, 0.15) is 0 Å². The fourth-order valence-electron chi connectivity index (χ4n) is 1.65. The molecule has 2 atom stereocenters. The lowest BCUT2D eigenvalue weighted by Crippen LogP contribution is -2.47. The summed E-state index contributed by atoms with van der Waals surface area (Å²) in [7, 11) is 0. The van der Waals surface area contributed by atoms with Gasteiger partial charge in [-0.2, -0.15) is 13.2 Å². The van der Waals surface area contributed by atoms with Gasteiger partial charge in [0.15, 0.2) is 0 Å². The van der Waals surface area contributed by atoms with E-state index in [2.05, 4.69) is 17.6 Å². The molecule has 0 aliphatic heterocycles. The zero-order valence-electron chi connectivity index (χ0n) is 11.2. The van der Waals surface area contributed by atoms with Crippen LogP contribution in [0.2, 0.25) is 0 Å². The molecule has 18 heavy (non-hydrogen) atoms. The van der Waals surface area contributed by atoms with Gasteiger partial charge in [0.25, 0.3) is 0 Å². The third-order valence-corrected chi connectivity index (χ3v) is 2.55. The van der Waals surface area contributed by atoms with Crippen LogP contribution in [0.3, 0.4) is 0 Å². The van der Waals surface area contributed by atoms with Crippen LogP contribution in [-0.4, -0.2) is 30.7 Å². The molecule has 0 saturated heterocycles. The summed E-state index contributed by atoms with van der Waals surface area (Å²) in [6, 6.07) is -1.37. The van der Waals surface area contributed by atoms with E-state index < -0.39 is 24.7 Å². The third kappa shape index (κ3) is 9.27. The summed E-state index contributed by atoms with van der Waals surface area (Å²) >= 11 is 0. The molecule has 0 aliphatic rings. The third-order valence-electron chi connectivity index (χ3n) is 2.55. The summed E-state index contributed by atoms with van der Waals surface area (Å²) in [5, 5.41) is 5.35. The smallest absolute Gasteiger partial charge is 0.355 e. The maximum absolute atomic E-state index is 12.1. The van der Waals surface area contributed by atoms with E-state index in [0.717, 1.165) is 19.3 Å². The van der Waals surface area contributed by atoms with Crippen LogP contribution < -0.4 is 10.6 Å². The Hall–Kier alpha value is -0.780. The van der Waals surface area contributed by atoms with Crippen molar-refractivity contribution in [2.45, 2.75) is 64.7 Å².